The fraction of sp³-hybridized carbons (Fsp3) is 0.167. The molecule has 3 aromatic rings. The van der Waals surface area contributed by atoms with Gasteiger partial charge < -0.3 is 15.2 Å². The molecule has 0 saturated carbocycles. The number of rotatable bonds is 8. The highest BCUT2D eigenvalue weighted by Crippen LogP contribution is 2.30. The van der Waals surface area contributed by atoms with Crippen LogP contribution in [-0.4, -0.2) is 23.6 Å². The summed E-state index contributed by atoms with van der Waals surface area (Å²) in [6.45, 7) is 2.45. The highest BCUT2D eigenvalue weighted by atomic mass is 16.5. The average molecular weight is 389 g/mol. The van der Waals surface area contributed by atoms with Gasteiger partial charge in [0.15, 0.2) is 0 Å². The van der Waals surface area contributed by atoms with Gasteiger partial charge in [0.05, 0.1) is 23.8 Å². The van der Waals surface area contributed by atoms with Crippen LogP contribution in [0.5, 0.6) is 5.75 Å². The first-order chi connectivity index (χ1) is 14.1. The summed E-state index contributed by atoms with van der Waals surface area (Å²) in [6.07, 6.45) is 0.796. The Morgan fingerprint density at radius 1 is 0.931 bits per heavy atom. The SMILES string of the molecule is CCCOc1ccc(C(=O)O)cc1NC(=O)C(c1ccccc1)c1ccccc1. The number of aromatic carboxylic acids is 1. The average Bonchev–Trinajstić information content (AvgIpc) is 2.74. The summed E-state index contributed by atoms with van der Waals surface area (Å²) in [5, 5.41) is 12.2. The van der Waals surface area contributed by atoms with Crippen molar-refractivity contribution in [1.29, 1.82) is 0 Å². The van der Waals surface area contributed by atoms with Gasteiger partial charge in [-0.1, -0.05) is 67.6 Å². The lowest BCUT2D eigenvalue weighted by Gasteiger charge is -2.19. The van der Waals surface area contributed by atoms with Crippen LogP contribution in [0, 0.1) is 0 Å². The van der Waals surface area contributed by atoms with E-state index in [0.29, 0.717) is 18.0 Å². The predicted molar refractivity (Wildman–Crippen MR) is 113 cm³/mol. The molecule has 0 aromatic heterocycles. The second-order valence-electron chi connectivity index (χ2n) is 6.61. The molecule has 5 heteroatoms. The lowest BCUT2D eigenvalue weighted by molar-refractivity contribution is -0.116. The summed E-state index contributed by atoms with van der Waals surface area (Å²) >= 11 is 0. The van der Waals surface area contributed by atoms with Crippen LogP contribution in [-0.2, 0) is 4.79 Å². The zero-order chi connectivity index (χ0) is 20.6. The zero-order valence-corrected chi connectivity index (χ0v) is 16.2. The van der Waals surface area contributed by atoms with E-state index in [0.717, 1.165) is 17.5 Å². The maximum absolute atomic E-state index is 13.3. The Hall–Kier alpha value is -3.60. The van der Waals surface area contributed by atoms with Crippen molar-refractivity contribution in [2.24, 2.45) is 0 Å². The third-order valence-electron chi connectivity index (χ3n) is 4.47. The van der Waals surface area contributed by atoms with E-state index in [1.165, 1.54) is 12.1 Å². The maximum Gasteiger partial charge on any atom is 0.335 e. The summed E-state index contributed by atoms with van der Waals surface area (Å²) in [4.78, 5) is 24.7. The summed E-state index contributed by atoms with van der Waals surface area (Å²) < 4.78 is 5.71. The van der Waals surface area contributed by atoms with E-state index in [1.54, 1.807) is 6.07 Å². The van der Waals surface area contributed by atoms with Crippen molar-refractivity contribution in [3.63, 3.8) is 0 Å². The van der Waals surface area contributed by atoms with E-state index in [4.69, 9.17) is 4.74 Å². The first-order valence-corrected chi connectivity index (χ1v) is 9.51. The number of carboxylic acid groups (broad SMARTS) is 1. The van der Waals surface area contributed by atoms with E-state index in [9.17, 15) is 14.7 Å². The molecule has 1 amide bonds. The van der Waals surface area contributed by atoms with Crippen LogP contribution in [0.25, 0.3) is 0 Å². The molecule has 0 heterocycles. The van der Waals surface area contributed by atoms with Gasteiger partial charge in [-0.2, -0.15) is 0 Å². The second kappa shape index (κ2) is 9.55. The minimum Gasteiger partial charge on any atom is -0.491 e. The van der Waals surface area contributed by atoms with E-state index in [1.807, 2.05) is 67.6 Å². The monoisotopic (exact) mass is 389 g/mol. The van der Waals surface area contributed by atoms with E-state index in [-0.39, 0.29) is 11.5 Å². The van der Waals surface area contributed by atoms with Crippen molar-refractivity contribution in [2.75, 3.05) is 11.9 Å². The summed E-state index contributed by atoms with van der Waals surface area (Å²) in [6, 6.07) is 23.4. The van der Waals surface area contributed by atoms with Crippen molar-refractivity contribution in [3.8, 4) is 5.75 Å². The molecule has 0 spiro atoms. The quantitative estimate of drug-likeness (QED) is 0.572. The molecule has 3 aromatic carbocycles. The lowest BCUT2D eigenvalue weighted by Crippen LogP contribution is -2.23. The molecular formula is C24H23NO4. The molecule has 0 saturated heterocycles. The van der Waals surface area contributed by atoms with Gasteiger partial charge in [0, 0.05) is 0 Å². The standard InChI is InChI=1S/C24H23NO4/c1-2-15-29-21-14-13-19(24(27)28)16-20(21)25-23(26)22(17-9-5-3-6-10-17)18-11-7-4-8-12-18/h3-14,16,22H,2,15H2,1H3,(H,25,26)(H,27,28). The van der Waals surface area contributed by atoms with Crippen molar-refractivity contribution in [2.45, 2.75) is 19.3 Å². The molecule has 3 rings (SSSR count). The molecule has 0 atom stereocenters. The van der Waals surface area contributed by atoms with Gasteiger partial charge in [0.1, 0.15) is 5.75 Å². The highest BCUT2D eigenvalue weighted by Gasteiger charge is 2.24. The Balaban J connectivity index is 1.97. The number of carbonyl (C=O) groups is 2. The van der Waals surface area contributed by atoms with Crippen LogP contribution in [0.1, 0.15) is 40.7 Å². The van der Waals surface area contributed by atoms with Crippen LogP contribution in [0.15, 0.2) is 78.9 Å². The van der Waals surface area contributed by atoms with Crippen molar-refractivity contribution in [3.05, 3.63) is 95.6 Å². The highest BCUT2D eigenvalue weighted by molar-refractivity contribution is 6.00. The molecule has 0 aliphatic rings. The molecular weight excluding hydrogens is 366 g/mol. The van der Waals surface area contributed by atoms with Crippen LogP contribution in [0.2, 0.25) is 0 Å². The van der Waals surface area contributed by atoms with Crippen LogP contribution >= 0.6 is 0 Å². The Kier molecular flexibility index (Phi) is 6.63. The lowest BCUT2D eigenvalue weighted by atomic mass is 9.90. The number of ether oxygens (including phenoxy) is 1. The fourth-order valence-corrected chi connectivity index (χ4v) is 3.09. The molecule has 0 aliphatic heterocycles. The van der Waals surface area contributed by atoms with Gasteiger partial charge in [0.2, 0.25) is 5.91 Å². The Morgan fingerprint density at radius 3 is 2.03 bits per heavy atom. The molecule has 148 valence electrons. The summed E-state index contributed by atoms with van der Waals surface area (Å²) in [7, 11) is 0. The zero-order valence-electron chi connectivity index (χ0n) is 16.2. The molecule has 2 N–H and O–H groups in total. The van der Waals surface area contributed by atoms with E-state index in [2.05, 4.69) is 5.32 Å². The second-order valence-corrected chi connectivity index (χ2v) is 6.61. The Morgan fingerprint density at radius 2 is 1.52 bits per heavy atom. The number of hydrogen-bond acceptors (Lipinski definition) is 3. The number of hydrogen-bond donors (Lipinski definition) is 2. The number of anilines is 1. The van der Waals surface area contributed by atoms with Crippen molar-refractivity contribution < 1.29 is 19.4 Å². The van der Waals surface area contributed by atoms with Crippen LogP contribution < -0.4 is 10.1 Å². The van der Waals surface area contributed by atoms with E-state index >= 15 is 0 Å². The largest absolute Gasteiger partial charge is 0.491 e. The first kappa shape index (κ1) is 20.1. The van der Waals surface area contributed by atoms with Gasteiger partial charge in [0.25, 0.3) is 0 Å². The number of amides is 1. The number of carboxylic acids is 1. The summed E-state index contributed by atoms with van der Waals surface area (Å²) in [5.74, 6) is -1.41. The van der Waals surface area contributed by atoms with Gasteiger partial charge in [-0.05, 0) is 35.7 Å². The minimum atomic E-state index is -1.06. The third-order valence-corrected chi connectivity index (χ3v) is 4.47. The number of benzene rings is 3. The molecule has 5 nitrogen and oxygen atoms in total. The molecule has 0 bridgehead atoms. The van der Waals surface area contributed by atoms with Crippen molar-refractivity contribution in [1.82, 2.24) is 0 Å². The predicted octanol–water partition coefficient (Wildman–Crippen LogP) is 4.94. The van der Waals surface area contributed by atoms with E-state index < -0.39 is 11.9 Å². The number of nitrogens with one attached hydrogen (secondary N) is 1. The van der Waals surface area contributed by atoms with Gasteiger partial charge in [-0.15, -0.1) is 0 Å². The smallest absolute Gasteiger partial charge is 0.335 e. The van der Waals surface area contributed by atoms with Crippen LogP contribution in [0.4, 0.5) is 5.69 Å². The normalized spacial score (nSPS) is 10.6. The topological polar surface area (TPSA) is 75.6 Å². The molecule has 0 unspecified atom stereocenters. The summed E-state index contributed by atoms with van der Waals surface area (Å²) in [5.41, 5.74) is 2.13. The Labute approximate surface area is 170 Å². The molecule has 0 aliphatic carbocycles. The third kappa shape index (κ3) is 5.02. The first-order valence-electron chi connectivity index (χ1n) is 9.51. The van der Waals surface area contributed by atoms with Crippen LogP contribution in [0.3, 0.4) is 0 Å². The Bertz CT molecular complexity index is 931. The van der Waals surface area contributed by atoms with Gasteiger partial charge in [-0.25, -0.2) is 4.79 Å². The van der Waals surface area contributed by atoms with Gasteiger partial charge >= 0.3 is 5.97 Å². The van der Waals surface area contributed by atoms with Gasteiger partial charge in [-0.3, -0.25) is 4.79 Å². The fourth-order valence-electron chi connectivity index (χ4n) is 3.09. The number of carbonyl (C=O) groups excluding carboxylic acids is 1. The maximum atomic E-state index is 13.3. The minimum absolute atomic E-state index is 0.0834. The van der Waals surface area contributed by atoms with Crippen molar-refractivity contribution >= 4 is 17.6 Å². The molecule has 0 fully saturated rings. The molecule has 29 heavy (non-hydrogen) atoms. The molecule has 0 radical (unpaired) electrons.